The predicted octanol–water partition coefficient (Wildman–Crippen LogP) is 4.94. The van der Waals surface area contributed by atoms with Crippen LogP contribution in [0.15, 0.2) is 24.4 Å². The van der Waals surface area contributed by atoms with E-state index in [1.807, 2.05) is 24.4 Å². The molecule has 4 rings (SSSR count). The van der Waals surface area contributed by atoms with Crippen molar-refractivity contribution in [3.63, 3.8) is 0 Å². The van der Waals surface area contributed by atoms with Crippen molar-refractivity contribution in [2.24, 2.45) is 5.92 Å². The number of carbonyl (C=O) groups excluding carboxylic acids is 1. The minimum absolute atomic E-state index is 0.336. The first kappa shape index (κ1) is 16.0. The molecule has 0 spiro atoms. The summed E-state index contributed by atoms with van der Waals surface area (Å²) >= 11 is 6.12. The molecule has 3 nitrogen and oxygen atoms in total. The molecule has 1 aromatic carbocycles. The lowest BCUT2D eigenvalue weighted by atomic mass is 9.78. The van der Waals surface area contributed by atoms with Crippen molar-refractivity contribution >= 4 is 28.4 Å². The van der Waals surface area contributed by atoms with Gasteiger partial charge in [0, 0.05) is 41.1 Å². The highest BCUT2D eigenvalue weighted by molar-refractivity contribution is 6.31. The molecule has 128 valence electrons. The lowest BCUT2D eigenvalue weighted by Gasteiger charge is -2.44. The van der Waals surface area contributed by atoms with E-state index in [0.29, 0.717) is 18.4 Å². The predicted molar refractivity (Wildman–Crippen MR) is 98.3 cm³/mol. The largest absolute Gasteiger partial charge is 0.361 e. The first-order valence-electron chi connectivity index (χ1n) is 9.27. The summed E-state index contributed by atoms with van der Waals surface area (Å²) in [4.78, 5) is 18.3. The average molecular weight is 345 g/mol. The van der Waals surface area contributed by atoms with Crippen LogP contribution in [0.25, 0.3) is 10.9 Å². The van der Waals surface area contributed by atoms with E-state index in [-0.39, 0.29) is 0 Å². The molecule has 2 fully saturated rings. The fraction of sp³-hybridized carbons (Fsp3) is 0.550. The van der Waals surface area contributed by atoms with Crippen molar-refractivity contribution in [3.8, 4) is 0 Å². The zero-order chi connectivity index (χ0) is 16.5. The molecule has 2 aliphatic rings. The molecule has 0 radical (unpaired) electrons. The van der Waals surface area contributed by atoms with Gasteiger partial charge in [-0.1, -0.05) is 24.4 Å². The van der Waals surface area contributed by atoms with Crippen LogP contribution in [-0.2, 0) is 11.2 Å². The van der Waals surface area contributed by atoms with Crippen molar-refractivity contribution in [1.29, 1.82) is 0 Å². The molecule has 1 N–H and O–H groups in total. The minimum Gasteiger partial charge on any atom is -0.361 e. The fourth-order valence-electron chi connectivity index (χ4n) is 4.68. The Bertz CT molecular complexity index is 736. The summed E-state index contributed by atoms with van der Waals surface area (Å²) in [6, 6.07) is 6.40. The van der Waals surface area contributed by atoms with Crippen LogP contribution in [0, 0.1) is 5.92 Å². The van der Waals surface area contributed by atoms with Gasteiger partial charge in [0.15, 0.2) is 0 Å². The number of halogens is 1. The van der Waals surface area contributed by atoms with E-state index < -0.39 is 0 Å². The van der Waals surface area contributed by atoms with Crippen molar-refractivity contribution in [3.05, 3.63) is 35.0 Å². The standard InChI is InChI=1S/C20H25ClN2O/c21-16-8-9-18-17(12-16)15(13-22-18)7-10-20(24)23-11-3-5-14-4-1-2-6-19(14)23/h8-9,12-14,19,22H,1-7,10-11H2. The summed E-state index contributed by atoms with van der Waals surface area (Å²) in [7, 11) is 0. The number of likely N-dealkylation sites (tertiary alicyclic amines) is 1. The number of hydrogen-bond donors (Lipinski definition) is 1. The Morgan fingerprint density at radius 3 is 2.96 bits per heavy atom. The van der Waals surface area contributed by atoms with Crippen molar-refractivity contribution in [2.45, 2.75) is 57.4 Å². The molecule has 1 saturated heterocycles. The van der Waals surface area contributed by atoms with E-state index >= 15 is 0 Å². The summed E-state index contributed by atoms with van der Waals surface area (Å²) in [6.07, 6.45) is 11.0. The van der Waals surface area contributed by atoms with Crippen LogP contribution >= 0.6 is 11.6 Å². The quantitative estimate of drug-likeness (QED) is 0.841. The number of carbonyl (C=O) groups is 1. The lowest BCUT2D eigenvalue weighted by molar-refractivity contribution is -0.137. The number of fused-ring (bicyclic) bond motifs is 2. The van der Waals surface area contributed by atoms with E-state index in [2.05, 4.69) is 9.88 Å². The highest BCUT2D eigenvalue weighted by Crippen LogP contribution is 2.35. The molecule has 4 heteroatoms. The molecular weight excluding hydrogens is 320 g/mol. The topological polar surface area (TPSA) is 36.1 Å². The van der Waals surface area contributed by atoms with Crippen LogP contribution < -0.4 is 0 Å². The van der Waals surface area contributed by atoms with Gasteiger partial charge in [-0.2, -0.15) is 0 Å². The third-order valence-corrected chi connectivity index (χ3v) is 6.14. The first-order valence-corrected chi connectivity index (χ1v) is 9.65. The van der Waals surface area contributed by atoms with Gasteiger partial charge >= 0.3 is 0 Å². The van der Waals surface area contributed by atoms with Gasteiger partial charge in [0.1, 0.15) is 0 Å². The SMILES string of the molecule is O=C(CCc1c[nH]c2ccc(Cl)cc12)N1CCCC2CCCCC21. The van der Waals surface area contributed by atoms with E-state index in [0.717, 1.165) is 34.8 Å². The summed E-state index contributed by atoms with van der Waals surface area (Å²) in [6.45, 7) is 0.958. The van der Waals surface area contributed by atoms with Gasteiger partial charge in [0.05, 0.1) is 0 Å². The van der Waals surface area contributed by atoms with Crippen LogP contribution in [-0.4, -0.2) is 28.4 Å². The number of H-pyrrole nitrogens is 1. The molecule has 24 heavy (non-hydrogen) atoms. The number of piperidine rings is 1. The molecule has 0 bridgehead atoms. The smallest absolute Gasteiger partial charge is 0.223 e. The summed E-state index contributed by atoms with van der Waals surface area (Å²) in [5.41, 5.74) is 2.28. The van der Waals surface area contributed by atoms with E-state index in [4.69, 9.17) is 11.6 Å². The summed E-state index contributed by atoms with van der Waals surface area (Å²) in [5.74, 6) is 1.09. The van der Waals surface area contributed by atoms with E-state index in [9.17, 15) is 4.79 Å². The molecular formula is C20H25ClN2O. The number of aromatic nitrogens is 1. The normalized spacial score (nSPS) is 24.1. The highest BCUT2D eigenvalue weighted by Gasteiger charge is 2.35. The molecule has 2 heterocycles. The molecule has 1 amide bonds. The number of amides is 1. The molecule has 1 saturated carbocycles. The van der Waals surface area contributed by atoms with Gasteiger partial charge in [-0.25, -0.2) is 0 Å². The number of aryl methyl sites for hydroxylation is 1. The lowest BCUT2D eigenvalue weighted by Crippen LogP contribution is -2.49. The summed E-state index contributed by atoms with van der Waals surface area (Å²) < 4.78 is 0. The van der Waals surface area contributed by atoms with E-state index in [1.54, 1.807) is 0 Å². The van der Waals surface area contributed by atoms with Gasteiger partial charge in [-0.05, 0) is 61.8 Å². The zero-order valence-corrected chi connectivity index (χ0v) is 14.8. The second-order valence-corrected chi connectivity index (χ2v) is 7.78. The van der Waals surface area contributed by atoms with Crippen LogP contribution in [0.3, 0.4) is 0 Å². The van der Waals surface area contributed by atoms with Gasteiger partial charge in [-0.3, -0.25) is 4.79 Å². The second-order valence-electron chi connectivity index (χ2n) is 7.35. The zero-order valence-electron chi connectivity index (χ0n) is 14.1. The van der Waals surface area contributed by atoms with Gasteiger partial charge < -0.3 is 9.88 Å². The van der Waals surface area contributed by atoms with Crippen molar-refractivity contribution in [1.82, 2.24) is 9.88 Å². The Kier molecular flexibility index (Phi) is 4.53. The Morgan fingerprint density at radius 1 is 1.21 bits per heavy atom. The average Bonchev–Trinajstić information content (AvgIpc) is 3.01. The Morgan fingerprint density at radius 2 is 2.04 bits per heavy atom. The number of rotatable bonds is 3. The molecule has 2 aromatic rings. The fourth-order valence-corrected chi connectivity index (χ4v) is 4.85. The van der Waals surface area contributed by atoms with E-state index in [1.165, 1.54) is 44.1 Å². The molecule has 2 unspecified atom stereocenters. The highest BCUT2D eigenvalue weighted by atomic mass is 35.5. The minimum atomic E-state index is 0.336. The van der Waals surface area contributed by atoms with Crippen molar-refractivity contribution < 1.29 is 4.79 Å². The van der Waals surface area contributed by atoms with Crippen LogP contribution in [0.1, 0.15) is 50.5 Å². The maximum atomic E-state index is 12.8. The summed E-state index contributed by atoms with van der Waals surface area (Å²) in [5, 5.41) is 1.89. The molecule has 1 aliphatic carbocycles. The Hall–Kier alpha value is -1.48. The second kappa shape index (κ2) is 6.79. The number of benzene rings is 1. The van der Waals surface area contributed by atoms with Crippen molar-refractivity contribution in [2.75, 3.05) is 6.54 Å². The van der Waals surface area contributed by atoms with Crippen LogP contribution in [0.5, 0.6) is 0 Å². The Balaban J connectivity index is 1.44. The van der Waals surface area contributed by atoms with Gasteiger partial charge in [-0.15, -0.1) is 0 Å². The molecule has 2 atom stereocenters. The third kappa shape index (κ3) is 3.06. The maximum Gasteiger partial charge on any atom is 0.223 e. The Labute approximate surface area is 148 Å². The van der Waals surface area contributed by atoms with Gasteiger partial charge in [0.2, 0.25) is 5.91 Å². The van der Waals surface area contributed by atoms with Crippen LogP contribution in [0.2, 0.25) is 5.02 Å². The molecule has 1 aliphatic heterocycles. The number of hydrogen-bond acceptors (Lipinski definition) is 1. The first-order chi connectivity index (χ1) is 11.7. The van der Waals surface area contributed by atoms with Crippen LogP contribution in [0.4, 0.5) is 0 Å². The number of aromatic amines is 1. The number of nitrogens with zero attached hydrogens (tertiary/aromatic N) is 1. The third-order valence-electron chi connectivity index (χ3n) is 5.90. The maximum absolute atomic E-state index is 12.8. The number of nitrogens with one attached hydrogen (secondary N) is 1. The monoisotopic (exact) mass is 344 g/mol. The van der Waals surface area contributed by atoms with Gasteiger partial charge in [0.25, 0.3) is 0 Å². The molecule has 1 aromatic heterocycles.